The van der Waals surface area contributed by atoms with Gasteiger partial charge in [0, 0.05) is 60.2 Å². The molecule has 1 aliphatic heterocycles. The molecule has 0 spiro atoms. The molecule has 2 aromatic carbocycles. The van der Waals surface area contributed by atoms with Crippen LogP contribution in [0.4, 0.5) is 10.1 Å². The van der Waals surface area contributed by atoms with Crippen LogP contribution in [0.2, 0.25) is 0 Å². The van der Waals surface area contributed by atoms with Crippen LogP contribution < -0.4 is 10.5 Å². The Bertz CT molecular complexity index is 1440. The first kappa shape index (κ1) is 22.2. The minimum absolute atomic E-state index is 0.0231. The van der Waals surface area contributed by atoms with Crippen molar-refractivity contribution in [2.75, 3.05) is 31.1 Å². The van der Waals surface area contributed by atoms with Crippen molar-refractivity contribution in [1.29, 1.82) is 0 Å². The summed E-state index contributed by atoms with van der Waals surface area (Å²) >= 11 is 0. The maximum absolute atomic E-state index is 13.2. The Morgan fingerprint density at radius 2 is 1.68 bits per heavy atom. The molecule has 0 aliphatic carbocycles. The summed E-state index contributed by atoms with van der Waals surface area (Å²) in [5.41, 5.74) is 5.06. The maximum Gasteiger partial charge on any atom is 0.339 e. The van der Waals surface area contributed by atoms with E-state index >= 15 is 0 Å². The number of carbonyl (C=O) groups excluding carboxylic acids is 1. The second-order valence-corrected chi connectivity index (χ2v) is 9.01. The fourth-order valence-electron chi connectivity index (χ4n) is 4.86. The maximum atomic E-state index is 13.2. The molecule has 1 saturated heterocycles. The van der Waals surface area contributed by atoms with Crippen LogP contribution in [0.1, 0.15) is 28.7 Å². The van der Waals surface area contributed by atoms with Crippen molar-refractivity contribution in [3.63, 3.8) is 0 Å². The quantitative estimate of drug-likeness (QED) is 0.404. The number of hydrogen-bond acceptors (Lipinski definition) is 5. The Morgan fingerprint density at radius 3 is 2.38 bits per heavy atom. The van der Waals surface area contributed by atoms with Gasteiger partial charge in [-0.05, 0) is 68.7 Å². The summed E-state index contributed by atoms with van der Waals surface area (Å²) in [6, 6.07) is 8.42. The molecule has 34 heavy (non-hydrogen) atoms. The predicted octanol–water partition coefficient (Wildman–Crippen LogP) is 4.88. The van der Waals surface area contributed by atoms with Crippen LogP contribution in [-0.2, 0) is 11.2 Å². The number of fused-ring (bicyclic) bond motifs is 2. The summed E-state index contributed by atoms with van der Waals surface area (Å²) in [6.07, 6.45) is 2.29. The van der Waals surface area contributed by atoms with Crippen molar-refractivity contribution in [2.45, 2.75) is 33.6 Å². The Kier molecular flexibility index (Phi) is 5.63. The number of anilines is 1. The molecule has 1 amide bonds. The summed E-state index contributed by atoms with van der Waals surface area (Å²) < 4.78 is 24.5. The second-order valence-electron chi connectivity index (χ2n) is 9.01. The number of halogens is 1. The average molecular weight is 463 g/mol. The van der Waals surface area contributed by atoms with Gasteiger partial charge in [-0.25, -0.2) is 9.18 Å². The highest BCUT2D eigenvalue weighted by atomic mass is 19.1. The van der Waals surface area contributed by atoms with Gasteiger partial charge in [0.25, 0.3) is 0 Å². The number of carbonyl (C=O) groups is 1. The zero-order valence-corrected chi connectivity index (χ0v) is 19.6. The number of amides is 1. The number of piperazine rings is 1. The van der Waals surface area contributed by atoms with Crippen molar-refractivity contribution in [2.24, 2.45) is 0 Å². The molecule has 176 valence electrons. The third kappa shape index (κ3) is 3.85. The van der Waals surface area contributed by atoms with Gasteiger partial charge < -0.3 is 18.6 Å². The lowest BCUT2D eigenvalue weighted by Crippen LogP contribution is -2.48. The molecule has 0 atom stereocenters. The molecule has 2 aromatic heterocycles. The lowest BCUT2D eigenvalue weighted by Gasteiger charge is -2.36. The van der Waals surface area contributed by atoms with E-state index in [-0.39, 0.29) is 18.1 Å². The smallest absolute Gasteiger partial charge is 0.339 e. The van der Waals surface area contributed by atoms with Crippen LogP contribution in [0.25, 0.3) is 21.9 Å². The number of benzene rings is 2. The summed E-state index contributed by atoms with van der Waals surface area (Å²) in [7, 11) is 0. The molecule has 0 unspecified atom stereocenters. The van der Waals surface area contributed by atoms with Gasteiger partial charge in [-0.1, -0.05) is 0 Å². The van der Waals surface area contributed by atoms with Crippen LogP contribution in [0, 0.1) is 26.6 Å². The summed E-state index contributed by atoms with van der Waals surface area (Å²) in [6.45, 7) is 8.37. The second kappa shape index (κ2) is 8.63. The Hall–Kier alpha value is -3.61. The minimum Gasteiger partial charge on any atom is -0.464 e. The van der Waals surface area contributed by atoms with E-state index in [4.69, 9.17) is 8.83 Å². The van der Waals surface area contributed by atoms with Crippen LogP contribution in [0.3, 0.4) is 0 Å². The molecule has 0 saturated carbocycles. The van der Waals surface area contributed by atoms with Crippen LogP contribution in [0.5, 0.6) is 0 Å². The molecule has 5 rings (SSSR count). The summed E-state index contributed by atoms with van der Waals surface area (Å²) in [4.78, 5) is 29.7. The molecule has 0 bridgehead atoms. The Balaban J connectivity index is 1.30. The minimum atomic E-state index is -0.398. The number of nitrogens with zero attached hydrogens (tertiary/aromatic N) is 2. The van der Waals surface area contributed by atoms with E-state index in [0.717, 1.165) is 38.7 Å². The first-order valence-corrected chi connectivity index (χ1v) is 11.6. The number of aryl methyl sites for hydroxylation is 3. The van der Waals surface area contributed by atoms with E-state index in [1.54, 1.807) is 18.4 Å². The standard InChI is InChI=1S/C27H27FN2O4/c1-16-15-33-25-18(3)26-23(14-22(16)25)17(2)21(27(32)34-26)8-9-24(31)30-12-10-29(11-13-30)20-6-4-19(28)5-7-20/h4-7,14-15H,8-13H2,1-3H3. The molecule has 0 N–H and O–H groups in total. The van der Waals surface area contributed by atoms with E-state index in [1.165, 1.54) is 12.1 Å². The molecule has 1 aliphatic rings. The molecular formula is C27H27FN2O4. The lowest BCUT2D eigenvalue weighted by molar-refractivity contribution is -0.131. The van der Waals surface area contributed by atoms with Gasteiger partial charge in [0.15, 0.2) is 0 Å². The first-order chi connectivity index (χ1) is 16.3. The van der Waals surface area contributed by atoms with Crippen molar-refractivity contribution in [3.8, 4) is 0 Å². The molecule has 6 nitrogen and oxygen atoms in total. The normalized spacial score (nSPS) is 14.4. The van der Waals surface area contributed by atoms with E-state index < -0.39 is 5.63 Å². The van der Waals surface area contributed by atoms with Gasteiger partial charge in [0.2, 0.25) is 5.91 Å². The Labute approximate surface area is 196 Å². The molecule has 1 fully saturated rings. The van der Waals surface area contributed by atoms with Gasteiger partial charge in [0.1, 0.15) is 17.0 Å². The highest BCUT2D eigenvalue weighted by Crippen LogP contribution is 2.32. The number of rotatable bonds is 4. The number of furan rings is 1. The average Bonchev–Trinajstić information content (AvgIpc) is 3.21. The summed E-state index contributed by atoms with van der Waals surface area (Å²) in [5, 5.41) is 1.88. The van der Waals surface area contributed by atoms with Crippen LogP contribution in [-0.4, -0.2) is 37.0 Å². The SMILES string of the molecule is Cc1coc2c(C)c3oc(=O)c(CCC(=O)N4CCN(c5ccc(F)cc5)CC4)c(C)c3cc12. The van der Waals surface area contributed by atoms with Gasteiger partial charge in [-0.2, -0.15) is 0 Å². The van der Waals surface area contributed by atoms with Gasteiger partial charge in [-0.3, -0.25) is 4.79 Å². The van der Waals surface area contributed by atoms with E-state index in [9.17, 15) is 14.0 Å². The van der Waals surface area contributed by atoms with Crippen LogP contribution >= 0.6 is 0 Å². The van der Waals surface area contributed by atoms with E-state index in [2.05, 4.69) is 4.90 Å². The largest absolute Gasteiger partial charge is 0.464 e. The van der Waals surface area contributed by atoms with Crippen molar-refractivity contribution in [1.82, 2.24) is 4.90 Å². The highest BCUT2D eigenvalue weighted by molar-refractivity contribution is 5.99. The predicted molar refractivity (Wildman–Crippen MR) is 130 cm³/mol. The molecule has 7 heteroatoms. The van der Waals surface area contributed by atoms with Gasteiger partial charge in [-0.15, -0.1) is 0 Å². The molecular weight excluding hydrogens is 435 g/mol. The zero-order valence-electron chi connectivity index (χ0n) is 19.6. The Morgan fingerprint density at radius 1 is 0.971 bits per heavy atom. The van der Waals surface area contributed by atoms with E-state index in [1.807, 2.05) is 31.7 Å². The summed E-state index contributed by atoms with van der Waals surface area (Å²) in [5.74, 6) is -0.236. The van der Waals surface area contributed by atoms with Crippen molar-refractivity contribution < 1.29 is 18.0 Å². The molecule has 4 aromatic rings. The van der Waals surface area contributed by atoms with Gasteiger partial charge >= 0.3 is 5.63 Å². The highest BCUT2D eigenvalue weighted by Gasteiger charge is 2.23. The van der Waals surface area contributed by atoms with Gasteiger partial charge in [0.05, 0.1) is 6.26 Å². The third-order valence-electron chi connectivity index (χ3n) is 6.95. The lowest BCUT2D eigenvalue weighted by atomic mass is 9.98. The first-order valence-electron chi connectivity index (χ1n) is 11.6. The molecule has 0 radical (unpaired) electrons. The third-order valence-corrected chi connectivity index (χ3v) is 6.95. The van der Waals surface area contributed by atoms with E-state index in [0.29, 0.717) is 43.7 Å². The fourth-order valence-corrected chi connectivity index (χ4v) is 4.86. The molecule has 3 heterocycles. The monoisotopic (exact) mass is 462 g/mol. The number of hydrogen-bond donors (Lipinski definition) is 0. The van der Waals surface area contributed by atoms with Crippen LogP contribution in [0.15, 0.2) is 50.2 Å². The van der Waals surface area contributed by atoms with Crippen molar-refractivity contribution in [3.05, 3.63) is 75.1 Å². The van der Waals surface area contributed by atoms with Crippen molar-refractivity contribution >= 4 is 33.5 Å². The fraction of sp³-hybridized carbons (Fsp3) is 0.333. The zero-order chi connectivity index (χ0) is 24.0. The topological polar surface area (TPSA) is 66.9 Å².